The third-order valence-corrected chi connectivity index (χ3v) is 6.20. The van der Waals surface area contributed by atoms with Crippen molar-refractivity contribution in [3.63, 3.8) is 0 Å². The molecular formula is C21H17BrFIN6O2. The fourth-order valence-electron chi connectivity index (χ4n) is 2.99. The molecule has 164 valence electrons. The molecule has 4 rings (SSSR count). The van der Waals surface area contributed by atoms with Crippen LogP contribution in [0.25, 0.3) is 0 Å². The number of rotatable bonds is 7. The first-order valence-corrected chi connectivity index (χ1v) is 11.5. The molecule has 0 aliphatic heterocycles. The summed E-state index contributed by atoms with van der Waals surface area (Å²) in [5, 5.41) is 8.61. The summed E-state index contributed by atoms with van der Waals surface area (Å²) in [6, 6.07) is 6.70. The lowest BCUT2D eigenvalue weighted by molar-refractivity contribution is -0.124. The number of nitrogens with one attached hydrogen (secondary N) is 3. The van der Waals surface area contributed by atoms with E-state index >= 15 is 0 Å². The average molecular weight is 611 g/mol. The molecule has 2 amide bonds. The molecule has 3 N–H and O–H groups in total. The highest BCUT2D eigenvalue weighted by atomic mass is 127. The molecule has 1 fully saturated rings. The van der Waals surface area contributed by atoms with E-state index < -0.39 is 5.54 Å². The van der Waals surface area contributed by atoms with E-state index in [9.17, 15) is 14.0 Å². The van der Waals surface area contributed by atoms with Gasteiger partial charge in [0.05, 0.1) is 35.4 Å². The summed E-state index contributed by atoms with van der Waals surface area (Å²) in [5.41, 5.74) is 1.01. The first kappa shape index (κ1) is 22.5. The molecular weight excluding hydrogens is 594 g/mol. The lowest BCUT2D eigenvalue weighted by Crippen LogP contribution is -2.48. The third-order valence-electron chi connectivity index (χ3n) is 4.89. The zero-order valence-corrected chi connectivity index (χ0v) is 20.3. The standard InChI is InChI=1S/C21H17BrFIN6O2/c22-13-5-16(23)18(17(24)6-13)29-15-2-1-14(27-10-15)9-28-20(32)21(3-4-21)30-19(31)12-7-25-11-26-8-12/h1-2,5-8,10-11,29H,3-4,9H2,(H,28,32)(H,30,31). The van der Waals surface area contributed by atoms with Crippen LogP contribution in [0.5, 0.6) is 0 Å². The number of pyridine rings is 1. The highest BCUT2D eigenvalue weighted by Crippen LogP contribution is 2.36. The number of aromatic nitrogens is 3. The Balaban J connectivity index is 1.33. The van der Waals surface area contributed by atoms with Crippen molar-refractivity contribution in [1.82, 2.24) is 25.6 Å². The summed E-state index contributed by atoms with van der Waals surface area (Å²) in [7, 11) is 0. The van der Waals surface area contributed by atoms with Gasteiger partial charge in [-0.25, -0.2) is 14.4 Å². The van der Waals surface area contributed by atoms with Gasteiger partial charge >= 0.3 is 0 Å². The predicted octanol–water partition coefficient (Wildman–Crippen LogP) is 3.70. The van der Waals surface area contributed by atoms with Gasteiger partial charge in [0.2, 0.25) is 5.91 Å². The van der Waals surface area contributed by atoms with E-state index in [-0.39, 0.29) is 24.2 Å². The Morgan fingerprint density at radius 1 is 1.16 bits per heavy atom. The van der Waals surface area contributed by atoms with Gasteiger partial charge in [0.15, 0.2) is 0 Å². The van der Waals surface area contributed by atoms with Gasteiger partial charge < -0.3 is 16.0 Å². The van der Waals surface area contributed by atoms with Gasteiger partial charge in [-0.2, -0.15) is 0 Å². The van der Waals surface area contributed by atoms with Gasteiger partial charge in [-0.05, 0) is 59.7 Å². The van der Waals surface area contributed by atoms with Crippen LogP contribution in [0, 0.1) is 9.39 Å². The van der Waals surface area contributed by atoms with E-state index in [1.807, 2.05) is 0 Å². The Kier molecular flexibility index (Phi) is 6.65. The van der Waals surface area contributed by atoms with Crippen LogP contribution in [0.4, 0.5) is 15.8 Å². The lowest BCUT2D eigenvalue weighted by atomic mass is 10.2. The van der Waals surface area contributed by atoms with Crippen LogP contribution in [-0.4, -0.2) is 32.3 Å². The third kappa shape index (κ3) is 5.21. The zero-order valence-electron chi connectivity index (χ0n) is 16.5. The summed E-state index contributed by atoms with van der Waals surface area (Å²) in [5.74, 6) is -1.03. The lowest BCUT2D eigenvalue weighted by Gasteiger charge is -2.17. The quantitative estimate of drug-likeness (QED) is 0.352. The molecule has 1 aromatic carbocycles. The van der Waals surface area contributed by atoms with Gasteiger partial charge in [0, 0.05) is 20.4 Å². The zero-order chi connectivity index (χ0) is 22.7. The van der Waals surface area contributed by atoms with Gasteiger partial charge in [0.1, 0.15) is 17.7 Å². The van der Waals surface area contributed by atoms with Crippen LogP contribution in [0.1, 0.15) is 28.9 Å². The smallest absolute Gasteiger partial charge is 0.255 e. The van der Waals surface area contributed by atoms with Crippen molar-refractivity contribution in [3.8, 4) is 0 Å². The predicted molar refractivity (Wildman–Crippen MR) is 128 cm³/mol. The molecule has 2 aromatic heterocycles. The van der Waals surface area contributed by atoms with Gasteiger partial charge in [-0.15, -0.1) is 0 Å². The monoisotopic (exact) mass is 610 g/mol. The minimum Gasteiger partial charge on any atom is -0.351 e. The van der Waals surface area contributed by atoms with Crippen LogP contribution < -0.4 is 16.0 Å². The van der Waals surface area contributed by atoms with Crippen molar-refractivity contribution in [2.24, 2.45) is 0 Å². The van der Waals surface area contributed by atoms with Crippen molar-refractivity contribution < 1.29 is 14.0 Å². The summed E-state index contributed by atoms with van der Waals surface area (Å²) >= 11 is 5.32. The molecule has 3 aromatic rings. The number of hydrogen-bond acceptors (Lipinski definition) is 6. The van der Waals surface area contributed by atoms with E-state index in [1.165, 1.54) is 24.8 Å². The van der Waals surface area contributed by atoms with Crippen molar-refractivity contribution in [3.05, 3.63) is 74.3 Å². The number of halogens is 3. The van der Waals surface area contributed by atoms with E-state index in [0.717, 1.165) is 3.57 Å². The maximum Gasteiger partial charge on any atom is 0.255 e. The maximum atomic E-state index is 14.2. The molecule has 0 unspecified atom stereocenters. The Hall–Kier alpha value is -2.67. The van der Waals surface area contributed by atoms with Crippen LogP contribution >= 0.6 is 38.5 Å². The Labute approximate surface area is 205 Å². The molecule has 1 aliphatic carbocycles. The van der Waals surface area contributed by atoms with Gasteiger partial charge in [0.25, 0.3) is 5.91 Å². The van der Waals surface area contributed by atoms with E-state index in [1.54, 1.807) is 24.4 Å². The van der Waals surface area contributed by atoms with E-state index in [0.29, 0.717) is 39.9 Å². The Morgan fingerprint density at radius 3 is 2.53 bits per heavy atom. The first-order valence-electron chi connectivity index (χ1n) is 9.59. The molecule has 0 atom stereocenters. The molecule has 2 heterocycles. The second kappa shape index (κ2) is 9.45. The average Bonchev–Trinajstić information content (AvgIpc) is 3.56. The second-order valence-electron chi connectivity index (χ2n) is 7.25. The highest BCUT2D eigenvalue weighted by molar-refractivity contribution is 14.1. The molecule has 0 bridgehead atoms. The number of carbonyl (C=O) groups excluding carboxylic acids is 2. The number of amides is 2. The molecule has 0 spiro atoms. The van der Waals surface area contributed by atoms with Crippen LogP contribution in [0.2, 0.25) is 0 Å². The maximum absolute atomic E-state index is 14.2. The molecule has 0 radical (unpaired) electrons. The summed E-state index contributed by atoms with van der Waals surface area (Å²) in [4.78, 5) is 36.9. The van der Waals surface area contributed by atoms with Crippen LogP contribution in [0.3, 0.4) is 0 Å². The number of carbonyl (C=O) groups is 2. The molecule has 8 nitrogen and oxygen atoms in total. The Bertz CT molecular complexity index is 1140. The second-order valence-corrected chi connectivity index (χ2v) is 9.33. The topological polar surface area (TPSA) is 109 Å². The largest absolute Gasteiger partial charge is 0.351 e. The summed E-state index contributed by atoms with van der Waals surface area (Å²) < 4.78 is 15.6. The minimum atomic E-state index is -0.912. The van der Waals surface area contributed by atoms with Crippen molar-refractivity contribution >= 4 is 61.7 Å². The first-order chi connectivity index (χ1) is 15.4. The summed E-state index contributed by atoms with van der Waals surface area (Å²) in [6.45, 7) is 0.204. The van der Waals surface area contributed by atoms with Crippen molar-refractivity contribution in [2.45, 2.75) is 24.9 Å². The van der Waals surface area contributed by atoms with E-state index in [4.69, 9.17) is 0 Å². The normalized spacial score (nSPS) is 13.8. The van der Waals surface area contributed by atoms with Gasteiger partial charge in [-0.1, -0.05) is 15.9 Å². The molecule has 1 aliphatic rings. The fourth-order valence-corrected chi connectivity index (χ4v) is 4.57. The van der Waals surface area contributed by atoms with Crippen LogP contribution in [-0.2, 0) is 11.3 Å². The SMILES string of the molecule is O=C(NC1(C(=O)NCc2ccc(Nc3c(F)cc(Br)cc3I)cn2)CC1)c1cncnc1. The minimum absolute atomic E-state index is 0.204. The molecule has 1 saturated carbocycles. The summed E-state index contributed by atoms with van der Waals surface area (Å²) in [6.07, 6.45) is 6.83. The number of benzene rings is 1. The molecule has 11 heteroatoms. The molecule has 0 saturated heterocycles. The highest BCUT2D eigenvalue weighted by Gasteiger charge is 2.51. The van der Waals surface area contributed by atoms with Crippen LogP contribution in [0.15, 0.2) is 53.7 Å². The number of nitrogens with zero attached hydrogens (tertiary/aromatic N) is 3. The number of hydrogen-bond donors (Lipinski definition) is 3. The van der Waals surface area contributed by atoms with E-state index in [2.05, 4.69) is 69.4 Å². The van der Waals surface area contributed by atoms with Gasteiger partial charge in [-0.3, -0.25) is 14.6 Å². The van der Waals surface area contributed by atoms with Crippen molar-refractivity contribution in [2.75, 3.05) is 5.32 Å². The Morgan fingerprint density at radius 2 is 1.91 bits per heavy atom. The molecule has 32 heavy (non-hydrogen) atoms. The fraction of sp³-hybridized carbons (Fsp3) is 0.190. The van der Waals surface area contributed by atoms with Crippen molar-refractivity contribution in [1.29, 1.82) is 0 Å². The number of anilines is 2.